The lowest BCUT2D eigenvalue weighted by Gasteiger charge is -2.15. The lowest BCUT2D eigenvalue weighted by Crippen LogP contribution is -2.35. The van der Waals surface area contributed by atoms with E-state index in [4.69, 9.17) is 24.4 Å². The Labute approximate surface area is 180 Å². The molecule has 1 aromatic carbocycles. The first kappa shape index (κ1) is 21.3. The first-order chi connectivity index (χ1) is 14.5. The van der Waals surface area contributed by atoms with Crippen LogP contribution < -0.4 is 16.4 Å². The van der Waals surface area contributed by atoms with Crippen molar-refractivity contribution in [1.29, 1.82) is 0 Å². The van der Waals surface area contributed by atoms with Crippen LogP contribution in [0, 0.1) is 18.3 Å². The summed E-state index contributed by atoms with van der Waals surface area (Å²) in [6.45, 7) is 1.75. The van der Waals surface area contributed by atoms with E-state index in [2.05, 4.69) is 21.5 Å². The number of thiocarbonyl (C=S) groups is 1. The Hall–Kier alpha value is -3.38. The predicted molar refractivity (Wildman–Crippen MR) is 119 cm³/mol. The quantitative estimate of drug-likeness (QED) is 0.354. The lowest BCUT2D eigenvalue weighted by atomic mass is 10.1. The van der Waals surface area contributed by atoms with Crippen molar-refractivity contribution in [1.82, 2.24) is 19.8 Å². The number of hydrogen-bond acceptors (Lipinski definition) is 4. The van der Waals surface area contributed by atoms with Crippen LogP contribution >= 0.6 is 12.2 Å². The first-order valence-corrected chi connectivity index (χ1v) is 10.1. The van der Waals surface area contributed by atoms with Crippen LogP contribution in [0.5, 0.6) is 0 Å². The van der Waals surface area contributed by atoms with Gasteiger partial charge in [-0.25, -0.2) is 4.98 Å². The van der Waals surface area contributed by atoms with Crippen LogP contribution in [0.3, 0.4) is 0 Å². The summed E-state index contributed by atoms with van der Waals surface area (Å²) in [7, 11) is 0. The molecule has 0 aliphatic carbocycles. The van der Waals surface area contributed by atoms with E-state index < -0.39 is 0 Å². The van der Waals surface area contributed by atoms with E-state index >= 15 is 0 Å². The molecule has 0 bridgehead atoms. The summed E-state index contributed by atoms with van der Waals surface area (Å²) in [6, 6.07) is 7.13. The van der Waals surface area contributed by atoms with Crippen LogP contribution in [0.1, 0.15) is 29.6 Å². The molecule has 2 amide bonds. The van der Waals surface area contributed by atoms with Crippen LogP contribution in [0.2, 0.25) is 0 Å². The van der Waals surface area contributed by atoms with Crippen molar-refractivity contribution in [3.05, 3.63) is 42.4 Å². The number of nitrogens with zero attached hydrogens (tertiary/aromatic N) is 3. The number of benzene rings is 1. The molecule has 0 spiro atoms. The van der Waals surface area contributed by atoms with E-state index in [1.54, 1.807) is 29.2 Å². The van der Waals surface area contributed by atoms with Gasteiger partial charge in [0, 0.05) is 37.3 Å². The number of imidazole rings is 1. The number of rotatable bonds is 7. The molecule has 9 heteroatoms. The van der Waals surface area contributed by atoms with Crippen LogP contribution in [0.15, 0.2) is 36.8 Å². The fraction of sp³-hybridized carbons (Fsp3) is 0.333. The predicted octanol–water partition coefficient (Wildman–Crippen LogP) is 1.52. The highest BCUT2D eigenvalue weighted by Crippen LogP contribution is 2.19. The second-order valence-corrected chi connectivity index (χ2v) is 7.45. The van der Waals surface area contributed by atoms with Crippen molar-refractivity contribution in [2.45, 2.75) is 19.3 Å². The second kappa shape index (κ2) is 9.89. The van der Waals surface area contributed by atoms with Crippen molar-refractivity contribution < 1.29 is 9.59 Å². The van der Waals surface area contributed by atoms with Gasteiger partial charge in [0.25, 0.3) is 5.91 Å². The number of carbonyl (C=O) groups excluding carboxylic acids is 2. The van der Waals surface area contributed by atoms with Gasteiger partial charge in [-0.15, -0.1) is 12.3 Å². The molecule has 0 unspecified atom stereocenters. The van der Waals surface area contributed by atoms with Gasteiger partial charge in [-0.05, 0) is 49.3 Å². The maximum absolute atomic E-state index is 12.4. The van der Waals surface area contributed by atoms with Crippen molar-refractivity contribution >= 4 is 35.0 Å². The summed E-state index contributed by atoms with van der Waals surface area (Å²) >= 11 is 4.96. The standard InChI is InChI=1S/C21H24N6O2S/c1-2-3-4-10-23-19(28)15-5-7-17(8-6-15)27-13-18(24-14-27)25-20(29)16-9-11-26(12-16)21(22)30/h1,5-8,13-14,16H,3-4,9-12H2,(H2,22,30)(H,23,28)(H,25,29)/t16-/m0/s1. The van der Waals surface area contributed by atoms with E-state index in [1.165, 1.54) is 0 Å². The number of aromatic nitrogens is 2. The third-order valence-electron chi connectivity index (χ3n) is 4.92. The average Bonchev–Trinajstić information content (AvgIpc) is 3.41. The van der Waals surface area contributed by atoms with Crippen molar-refractivity contribution in [3.63, 3.8) is 0 Å². The number of unbranched alkanes of at least 4 members (excludes halogenated alkanes) is 1. The van der Waals surface area contributed by atoms with E-state index in [9.17, 15) is 9.59 Å². The summed E-state index contributed by atoms with van der Waals surface area (Å²) < 4.78 is 1.78. The molecule has 156 valence electrons. The van der Waals surface area contributed by atoms with Gasteiger partial charge >= 0.3 is 0 Å². The fourth-order valence-corrected chi connectivity index (χ4v) is 3.38. The number of likely N-dealkylation sites (tertiary alicyclic amines) is 1. The molecule has 2 heterocycles. The summed E-state index contributed by atoms with van der Waals surface area (Å²) in [6.07, 6.45) is 10.6. The number of nitrogens with two attached hydrogens (primary N) is 1. The summed E-state index contributed by atoms with van der Waals surface area (Å²) in [5.74, 6) is 2.59. The third kappa shape index (κ3) is 5.36. The van der Waals surface area contributed by atoms with Gasteiger partial charge in [-0.2, -0.15) is 0 Å². The van der Waals surface area contributed by atoms with Gasteiger partial charge in [0.15, 0.2) is 10.9 Å². The molecular formula is C21H24N6O2S. The number of amides is 2. The van der Waals surface area contributed by atoms with Gasteiger partial charge in [0.2, 0.25) is 5.91 Å². The summed E-state index contributed by atoms with van der Waals surface area (Å²) in [5, 5.41) is 5.99. The molecule has 0 radical (unpaired) electrons. The van der Waals surface area contributed by atoms with Crippen molar-refractivity contribution in [3.8, 4) is 18.0 Å². The summed E-state index contributed by atoms with van der Waals surface area (Å²) in [5.41, 5.74) is 7.02. The molecule has 8 nitrogen and oxygen atoms in total. The monoisotopic (exact) mass is 424 g/mol. The van der Waals surface area contributed by atoms with E-state index in [0.717, 1.165) is 12.1 Å². The number of terminal acetylenes is 1. The van der Waals surface area contributed by atoms with Crippen LogP contribution in [-0.4, -0.2) is 51.0 Å². The van der Waals surface area contributed by atoms with Gasteiger partial charge < -0.3 is 25.8 Å². The number of anilines is 1. The molecule has 1 aromatic heterocycles. The molecule has 1 atom stereocenters. The molecule has 0 saturated carbocycles. The second-order valence-electron chi connectivity index (χ2n) is 7.04. The molecule has 3 rings (SSSR count). The Bertz CT molecular complexity index is 963. The zero-order chi connectivity index (χ0) is 21.5. The molecule has 4 N–H and O–H groups in total. The molecule has 1 fully saturated rings. The minimum absolute atomic E-state index is 0.101. The number of hydrogen-bond donors (Lipinski definition) is 3. The first-order valence-electron chi connectivity index (χ1n) is 9.69. The minimum Gasteiger partial charge on any atom is -0.376 e. The molecule has 2 aromatic rings. The van der Waals surface area contributed by atoms with Crippen LogP contribution in [0.25, 0.3) is 5.69 Å². The van der Waals surface area contributed by atoms with E-state index in [0.29, 0.717) is 49.0 Å². The zero-order valence-electron chi connectivity index (χ0n) is 16.5. The Morgan fingerprint density at radius 1 is 1.33 bits per heavy atom. The topological polar surface area (TPSA) is 105 Å². The molecule has 1 aliphatic heterocycles. The molecule has 1 aliphatic rings. The average molecular weight is 425 g/mol. The highest BCUT2D eigenvalue weighted by Gasteiger charge is 2.29. The molecule has 1 saturated heterocycles. The minimum atomic E-state index is -0.171. The SMILES string of the molecule is C#CCCCNC(=O)c1ccc(-n2cnc(NC(=O)[C@H]3CCN(C(N)=S)C3)c2)cc1. The lowest BCUT2D eigenvalue weighted by molar-refractivity contribution is -0.119. The van der Waals surface area contributed by atoms with E-state index in [-0.39, 0.29) is 17.7 Å². The smallest absolute Gasteiger partial charge is 0.251 e. The maximum atomic E-state index is 12.4. The van der Waals surface area contributed by atoms with Gasteiger partial charge in [-0.3, -0.25) is 9.59 Å². The molecular weight excluding hydrogens is 400 g/mol. The Balaban J connectivity index is 1.55. The largest absolute Gasteiger partial charge is 0.376 e. The van der Waals surface area contributed by atoms with E-state index in [1.807, 2.05) is 17.0 Å². The van der Waals surface area contributed by atoms with Crippen LogP contribution in [0.4, 0.5) is 5.82 Å². The summed E-state index contributed by atoms with van der Waals surface area (Å²) in [4.78, 5) is 30.6. The Morgan fingerprint density at radius 2 is 2.10 bits per heavy atom. The normalized spacial score (nSPS) is 15.4. The molecule has 30 heavy (non-hydrogen) atoms. The van der Waals surface area contributed by atoms with Gasteiger partial charge in [-0.1, -0.05) is 0 Å². The Kier molecular flexibility index (Phi) is 7.03. The highest BCUT2D eigenvalue weighted by atomic mass is 32.1. The van der Waals surface area contributed by atoms with Gasteiger partial charge in [0.1, 0.15) is 6.33 Å². The third-order valence-corrected chi connectivity index (χ3v) is 5.17. The Morgan fingerprint density at radius 3 is 2.77 bits per heavy atom. The van der Waals surface area contributed by atoms with Crippen LogP contribution in [-0.2, 0) is 4.79 Å². The maximum Gasteiger partial charge on any atom is 0.251 e. The highest BCUT2D eigenvalue weighted by molar-refractivity contribution is 7.80. The zero-order valence-corrected chi connectivity index (χ0v) is 17.3. The van der Waals surface area contributed by atoms with Crippen molar-refractivity contribution in [2.75, 3.05) is 25.0 Å². The van der Waals surface area contributed by atoms with Gasteiger partial charge in [0.05, 0.1) is 12.1 Å². The fourth-order valence-electron chi connectivity index (χ4n) is 3.21. The van der Waals surface area contributed by atoms with Crippen molar-refractivity contribution in [2.24, 2.45) is 11.7 Å². The number of nitrogens with one attached hydrogen (secondary N) is 2. The number of carbonyl (C=O) groups is 2.